The van der Waals surface area contributed by atoms with Crippen molar-refractivity contribution in [3.05, 3.63) is 35.4 Å². The lowest BCUT2D eigenvalue weighted by Crippen LogP contribution is -2.32. The average molecular weight is 293 g/mol. The Labute approximate surface area is 127 Å². The first-order valence-electron chi connectivity index (χ1n) is 7.85. The van der Waals surface area contributed by atoms with E-state index in [-0.39, 0.29) is 0 Å². The minimum Gasteiger partial charge on any atom is -0.379 e. The van der Waals surface area contributed by atoms with Crippen molar-refractivity contribution in [2.45, 2.75) is 44.4 Å². The molecule has 0 radical (unpaired) electrons. The Morgan fingerprint density at radius 3 is 2.50 bits per heavy atom. The van der Waals surface area contributed by atoms with E-state index >= 15 is 0 Å². The smallest absolute Gasteiger partial charge is 0.0607 e. The van der Waals surface area contributed by atoms with Crippen LogP contribution in [0.2, 0.25) is 0 Å². The molecule has 20 heavy (non-hydrogen) atoms. The van der Waals surface area contributed by atoms with Gasteiger partial charge in [0.25, 0.3) is 0 Å². The molecule has 0 bridgehead atoms. The van der Waals surface area contributed by atoms with Crippen LogP contribution in [0.4, 0.5) is 0 Å². The van der Waals surface area contributed by atoms with Gasteiger partial charge >= 0.3 is 0 Å². The van der Waals surface area contributed by atoms with Gasteiger partial charge in [0.05, 0.1) is 18.5 Å². The highest BCUT2D eigenvalue weighted by Gasteiger charge is 2.21. The van der Waals surface area contributed by atoms with E-state index in [0.717, 1.165) is 25.5 Å². The van der Waals surface area contributed by atoms with Crippen molar-refractivity contribution in [3.63, 3.8) is 0 Å². The number of nitrogens with one attached hydrogen (secondary N) is 1. The Kier molecular flexibility index (Phi) is 6.91. The van der Waals surface area contributed by atoms with Crippen LogP contribution >= 0.6 is 11.8 Å². The number of hydrogen-bond donors (Lipinski definition) is 1. The first kappa shape index (κ1) is 15.9. The number of thioether (sulfide) groups is 1. The monoisotopic (exact) mass is 293 g/mol. The normalized spacial score (nSPS) is 16.9. The zero-order chi connectivity index (χ0) is 14.2. The fourth-order valence-corrected chi connectivity index (χ4v) is 3.50. The first-order valence-corrected chi connectivity index (χ1v) is 8.90. The summed E-state index contributed by atoms with van der Waals surface area (Å²) < 4.78 is 5.26. The third-order valence-electron chi connectivity index (χ3n) is 3.67. The molecule has 0 spiro atoms. The van der Waals surface area contributed by atoms with Gasteiger partial charge in [-0.2, -0.15) is 11.8 Å². The molecule has 0 saturated carbocycles. The second kappa shape index (κ2) is 8.71. The average Bonchev–Trinajstić information content (AvgIpc) is 2.42. The van der Waals surface area contributed by atoms with E-state index in [1.807, 2.05) is 11.8 Å². The maximum Gasteiger partial charge on any atom is 0.0607 e. The quantitative estimate of drug-likeness (QED) is 0.748. The summed E-state index contributed by atoms with van der Waals surface area (Å²) in [5.74, 6) is 1.14. The van der Waals surface area contributed by atoms with Crippen molar-refractivity contribution in [1.82, 2.24) is 5.32 Å². The Morgan fingerprint density at radius 1 is 1.20 bits per heavy atom. The lowest BCUT2D eigenvalue weighted by molar-refractivity contribution is 0.0455. The summed E-state index contributed by atoms with van der Waals surface area (Å²) in [6, 6.07) is 9.65. The van der Waals surface area contributed by atoms with Gasteiger partial charge in [-0.1, -0.05) is 44.5 Å². The maximum absolute atomic E-state index is 5.26. The number of aryl methyl sites for hydroxylation is 1. The molecule has 0 aromatic heterocycles. The van der Waals surface area contributed by atoms with Crippen molar-refractivity contribution in [2.75, 3.05) is 25.5 Å². The second-order valence-corrected chi connectivity index (χ2v) is 6.82. The summed E-state index contributed by atoms with van der Waals surface area (Å²) >= 11 is 2.04. The van der Waals surface area contributed by atoms with Crippen molar-refractivity contribution < 1.29 is 4.74 Å². The Bertz CT molecular complexity index is 375. The van der Waals surface area contributed by atoms with Gasteiger partial charge in [0.1, 0.15) is 0 Å². The molecular formula is C17H27NOS. The molecule has 1 heterocycles. The highest BCUT2D eigenvalue weighted by Crippen LogP contribution is 2.25. The van der Waals surface area contributed by atoms with Gasteiger partial charge in [0.15, 0.2) is 0 Å². The molecule has 2 nitrogen and oxygen atoms in total. The molecular weight excluding hydrogens is 266 g/mol. The van der Waals surface area contributed by atoms with Crippen molar-refractivity contribution in [1.29, 1.82) is 0 Å². The van der Waals surface area contributed by atoms with Crippen LogP contribution in [-0.2, 0) is 11.2 Å². The van der Waals surface area contributed by atoms with Gasteiger partial charge in [0, 0.05) is 11.8 Å². The van der Waals surface area contributed by atoms with Crippen molar-refractivity contribution in [3.8, 4) is 0 Å². The summed E-state index contributed by atoms with van der Waals surface area (Å²) in [7, 11) is 0. The van der Waals surface area contributed by atoms with Crippen LogP contribution in [0.3, 0.4) is 0 Å². The SMILES string of the molecule is CCCNC(CSC1COC1)c1ccc(CCC)cc1. The topological polar surface area (TPSA) is 21.3 Å². The molecule has 0 amide bonds. The molecule has 1 N–H and O–H groups in total. The second-order valence-electron chi connectivity index (χ2n) is 5.49. The van der Waals surface area contributed by atoms with Crippen LogP contribution < -0.4 is 5.32 Å². The van der Waals surface area contributed by atoms with Crippen molar-refractivity contribution in [2.24, 2.45) is 0 Å². The Morgan fingerprint density at radius 2 is 1.95 bits per heavy atom. The Hall–Kier alpha value is -0.510. The predicted molar refractivity (Wildman–Crippen MR) is 88.5 cm³/mol. The maximum atomic E-state index is 5.26. The number of benzene rings is 1. The molecule has 2 rings (SSSR count). The summed E-state index contributed by atoms with van der Waals surface area (Å²) in [5, 5.41) is 4.39. The molecule has 1 aromatic rings. The Balaban J connectivity index is 1.92. The molecule has 1 saturated heterocycles. The lowest BCUT2D eigenvalue weighted by atomic mass is 10.0. The van der Waals surface area contributed by atoms with Crippen LogP contribution in [0, 0.1) is 0 Å². The highest BCUT2D eigenvalue weighted by atomic mass is 32.2. The summed E-state index contributed by atoms with van der Waals surface area (Å²) in [6.45, 7) is 7.41. The predicted octanol–water partition coefficient (Wildman–Crippen LogP) is 3.81. The first-order chi connectivity index (χ1) is 9.83. The van der Waals surface area contributed by atoms with Gasteiger partial charge in [-0.3, -0.25) is 0 Å². The summed E-state index contributed by atoms with van der Waals surface area (Å²) in [6.07, 6.45) is 3.58. The molecule has 1 aromatic carbocycles. The highest BCUT2D eigenvalue weighted by molar-refractivity contribution is 8.00. The number of ether oxygens (including phenoxy) is 1. The standard InChI is InChI=1S/C17H27NOS/c1-3-5-14-6-8-15(9-7-14)17(18-10-4-2)13-20-16-11-19-12-16/h6-9,16-18H,3-5,10-13H2,1-2H3. The van der Waals surface area contributed by atoms with Crippen LogP contribution in [0.15, 0.2) is 24.3 Å². The van der Waals surface area contributed by atoms with Gasteiger partial charge < -0.3 is 10.1 Å². The molecule has 0 aliphatic carbocycles. The van der Waals surface area contributed by atoms with Gasteiger partial charge in [-0.25, -0.2) is 0 Å². The van der Waals surface area contributed by atoms with Gasteiger partial charge in [-0.15, -0.1) is 0 Å². The van der Waals surface area contributed by atoms with Crippen LogP contribution in [0.1, 0.15) is 43.9 Å². The van der Waals surface area contributed by atoms with E-state index < -0.39 is 0 Å². The van der Waals surface area contributed by atoms with Crippen molar-refractivity contribution >= 4 is 11.8 Å². The van der Waals surface area contributed by atoms with E-state index in [4.69, 9.17) is 4.74 Å². The fraction of sp³-hybridized carbons (Fsp3) is 0.647. The zero-order valence-electron chi connectivity index (χ0n) is 12.7. The molecule has 112 valence electrons. The van der Waals surface area contributed by atoms with Crippen LogP contribution in [0.5, 0.6) is 0 Å². The van der Waals surface area contributed by atoms with E-state index in [2.05, 4.69) is 43.4 Å². The van der Waals surface area contributed by atoms with Gasteiger partial charge in [0.2, 0.25) is 0 Å². The molecule has 1 fully saturated rings. The number of hydrogen-bond acceptors (Lipinski definition) is 3. The largest absolute Gasteiger partial charge is 0.379 e. The molecule has 3 heteroatoms. The van der Waals surface area contributed by atoms with E-state index in [9.17, 15) is 0 Å². The number of rotatable bonds is 9. The third-order valence-corrected chi connectivity index (χ3v) is 4.94. The molecule has 1 unspecified atom stereocenters. The minimum atomic E-state index is 0.469. The summed E-state index contributed by atoms with van der Waals surface area (Å²) in [5.41, 5.74) is 2.87. The summed E-state index contributed by atoms with van der Waals surface area (Å²) in [4.78, 5) is 0. The molecule has 1 aliphatic heterocycles. The van der Waals surface area contributed by atoms with E-state index in [1.165, 1.54) is 30.4 Å². The minimum absolute atomic E-state index is 0.469. The fourth-order valence-electron chi connectivity index (χ4n) is 2.34. The van der Waals surface area contributed by atoms with Crippen LogP contribution in [0.25, 0.3) is 0 Å². The molecule has 1 atom stereocenters. The van der Waals surface area contributed by atoms with Crippen LogP contribution in [-0.4, -0.2) is 30.8 Å². The van der Waals surface area contributed by atoms with E-state index in [1.54, 1.807) is 0 Å². The van der Waals surface area contributed by atoms with Gasteiger partial charge in [-0.05, 0) is 30.5 Å². The third kappa shape index (κ3) is 4.80. The molecule has 1 aliphatic rings. The zero-order valence-corrected chi connectivity index (χ0v) is 13.5. The lowest BCUT2D eigenvalue weighted by Gasteiger charge is -2.28. The van der Waals surface area contributed by atoms with E-state index in [0.29, 0.717) is 11.3 Å².